The van der Waals surface area contributed by atoms with Crippen LogP contribution in [0, 0.1) is 0 Å². The molecule has 0 saturated carbocycles. The van der Waals surface area contributed by atoms with Gasteiger partial charge >= 0.3 is 0 Å². The van der Waals surface area contributed by atoms with Gasteiger partial charge in [-0.2, -0.15) is 0 Å². The lowest BCUT2D eigenvalue weighted by molar-refractivity contribution is 0.0997. The van der Waals surface area contributed by atoms with E-state index < -0.39 is 5.91 Å². The number of aliphatic hydroxyl groups is 1. The maximum Gasteiger partial charge on any atom is 0.270 e. The SMILES string of the molecule is C=C(CNCCOCC)N/C(C)=N\c1sc(-c2ccc(CC)cc2)nc1C(N)=O.CCO. The van der Waals surface area contributed by atoms with Crippen molar-refractivity contribution in [2.75, 3.05) is 32.9 Å². The van der Waals surface area contributed by atoms with Crippen LogP contribution in [0.25, 0.3) is 10.6 Å². The minimum Gasteiger partial charge on any atom is -0.397 e. The molecule has 1 amide bonds. The molecule has 176 valence electrons. The van der Waals surface area contributed by atoms with Gasteiger partial charge in [-0.15, -0.1) is 0 Å². The molecule has 0 bridgehead atoms. The summed E-state index contributed by atoms with van der Waals surface area (Å²) < 4.78 is 5.28. The van der Waals surface area contributed by atoms with Gasteiger partial charge in [0.1, 0.15) is 10.8 Å². The van der Waals surface area contributed by atoms with Crippen molar-refractivity contribution in [3.8, 4) is 10.6 Å². The Morgan fingerprint density at radius 2 is 1.94 bits per heavy atom. The van der Waals surface area contributed by atoms with E-state index in [2.05, 4.69) is 46.2 Å². The number of rotatable bonds is 11. The van der Waals surface area contributed by atoms with Crippen LogP contribution in [0.15, 0.2) is 41.5 Å². The largest absolute Gasteiger partial charge is 0.397 e. The predicted octanol–water partition coefficient (Wildman–Crippen LogP) is 3.25. The third-order valence-corrected chi connectivity index (χ3v) is 5.04. The molecule has 0 spiro atoms. The predicted molar refractivity (Wildman–Crippen MR) is 133 cm³/mol. The Bertz CT molecular complexity index is 878. The minimum absolute atomic E-state index is 0.172. The average Bonchev–Trinajstić information content (AvgIpc) is 3.18. The number of thiazole rings is 1. The summed E-state index contributed by atoms with van der Waals surface area (Å²) in [4.78, 5) is 20.7. The van der Waals surface area contributed by atoms with Gasteiger partial charge in [-0.1, -0.05) is 49.1 Å². The number of aryl methyl sites for hydroxylation is 1. The Morgan fingerprint density at radius 3 is 2.50 bits per heavy atom. The van der Waals surface area contributed by atoms with Crippen molar-refractivity contribution in [1.29, 1.82) is 0 Å². The van der Waals surface area contributed by atoms with Crippen molar-refractivity contribution in [3.63, 3.8) is 0 Å². The standard InChI is InChI=1S/C21H29N5O2S.C2H6O/c1-5-16-7-9-17(10-8-16)20-26-18(19(22)27)21(29-20)25-15(4)24-14(3)13-23-11-12-28-6-2;1-2-3/h7-10,23H,3,5-6,11-13H2,1-2,4H3,(H2,22,27)(H,24,25);3H,2H2,1H3. The number of benzene rings is 1. The number of aliphatic hydroxyl groups excluding tert-OH is 1. The van der Waals surface area contributed by atoms with Gasteiger partial charge in [-0.05, 0) is 32.8 Å². The van der Waals surface area contributed by atoms with Crippen molar-refractivity contribution in [1.82, 2.24) is 15.6 Å². The van der Waals surface area contributed by atoms with E-state index in [4.69, 9.17) is 15.6 Å². The fourth-order valence-electron chi connectivity index (χ4n) is 2.56. The van der Waals surface area contributed by atoms with Crippen LogP contribution in [-0.4, -0.2) is 54.7 Å². The van der Waals surface area contributed by atoms with E-state index in [0.717, 1.165) is 24.2 Å². The molecule has 5 N–H and O–H groups in total. The summed E-state index contributed by atoms with van der Waals surface area (Å²) in [5.41, 5.74) is 8.63. The molecule has 0 atom stereocenters. The summed E-state index contributed by atoms with van der Waals surface area (Å²) in [6, 6.07) is 8.10. The molecule has 9 heteroatoms. The summed E-state index contributed by atoms with van der Waals surface area (Å²) in [6.07, 6.45) is 0.968. The molecule has 2 aromatic rings. The average molecular weight is 462 g/mol. The number of primary amides is 1. The first-order valence-corrected chi connectivity index (χ1v) is 11.5. The fraction of sp³-hybridized carbons (Fsp3) is 0.435. The maximum absolute atomic E-state index is 11.8. The zero-order chi connectivity index (χ0) is 23.9. The Balaban J connectivity index is 0.00000161. The zero-order valence-electron chi connectivity index (χ0n) is 19.4. The van der Waals surface area contributed by atoms with Gasteiger partial charge in [0.15, 0.2) is 10.7 Å². The highest BCUT2D eigenvalue weighted by atomic mass is 32.1. The molecule has 0 aliphatic heterocycles. The van der Waals surface area contributed by atoms with Gasteiger partial charge in [0.25, 0.3) is 5.91 Å². The smallest absolute Gasteiger partial charge is 0.270 e. The number of nitrogens with two attached hydrogens (primary N) is 1. The Hall–Kier alpha value is -2.59. The van der Waals surface area contributed by atoms with Gasteiger partial charge in [0, 0.05) is 37.6 Å². The van der Waals surface area contributed by atoms with E-state index in [9.17, 15) is 4.79 Å². The van der Waals surface area contributed by atoms with Crippen LogP contribution < -0.4 is 16.4 Å². The van der Waals surface area contributed by atoms with Crippen LogP contribution in [0.5, 0.6) is 0 Å². The maximum atomic E-state index is 11.8. The van der Waals surface area contributed by atoms with Gasteiger partial charge in [0.2, 0.25) is 0 Å². The third-order valence-electron chi connectivity index (χ3n) is 4.04. The third kappa shape index (κ3) is 9.69. The van der Waals surface area contributed by atoms with E-state index in [1.165, 1.54) is 16.9 Å². The topological polar surface area (TPSA) is 122 Å². The highest BCUT2D eigenvalue weighted by Gasteiger charge is 2.17. The molecule has 1 aromatic heterocycles. The van der Waals surface area contributed by atoms with Crippen molar-refractivity contribution in [3.05, 3.63) is 47.8 Å². The monoisotopic (exact) mass is 461 g/mol. The first kappa shape index (κ1) is 27.4. The number of amides is 1. The fourth-order valence-corrected chi connectivity index (χ4v) is 3.56. The number of nitrogens with one attached hydrogen (secondary N) is 2. The number of amidine groups is 1. The van der Waals surface area contributed by atoms with E-state index in [1.54, 1.807) is 6.92 Å². The van der Waals surface area contributed by atoms with E-state index in [-0.39, 0.29) is 12.3 Å². The summed E-state index contributed by atoms with van der Waals surface area (Å²) in [6.45, 7) is 14.5. The number of aliphatic imine (C=N–C) groups is 1. The molecule has 1 aromatic carbocycles. The number of ether oxygens (including phenoxy) is 1. The summed E-state index contributed by atoms with van der Waals surface area (Å²) in [7, 11) is 0. The minimum atomic E-state index is -0.597. The van der Waals surface area contributed by atoms with Crippen LogP contribution in [-0.2, 0) is 11.2 Å². The first-order valence-electron chi connectivity index (χ1n) is 10.6. The molecule has 0 aliphatic rings. The van der Waals surface area contributed by atoms with Crippen LogP contribution in [0.3, 0.4) is 0 Å². The molecule has 2 rings (SSSR count). The highest BCUT2D eigenvalue weighted by molar-refractivity contribution is 7.19. The summed E-state index contributed by atoms with van der Waals surface area (Å²) in [5.74, 6) is 0.0151. The lowest BCUT2D eigenvalue weighted by atomic mass is 10.1. The molecule has 0 radical (unpaired) electrons. The highest BCUT2D eigenvalue weighted by Crippen LogP contribution is 2.34. The summed E-state index contributed by atoms with van der Waals surface area (Å²) >= 11 is 1.34. The van der Waals surface area contributed by atoms with Crippen molar-refractivity contribution in [2.45, 2.75) is 34.1 Å². The zero-order valence-corrected chi connectivity index (χ0v) is 20.2. The van der Waals surface area contributed by atoms with Crippen LogP contribution in [0.4, 0.5) is 5.00 Å². The van der Waals surface area contributed by atoms with E-state index >= 15 is 0 Å². The first-order chi connectivity index (χ1) is 15.4. The van der Waals surface area contributed by atoms with Crippen LogP contribution >= 0.6 is 11.3 Å². The van der Waals surface area contributed by atoms with Gasteiger partial charge < -0.3 is 26.2 Å². The molecular weight excluding hydrogens is 426 g/mol. The lowest BCUT2D eigenvalue weighted by Gasteiger charge is -2.10. The Kier molecular flexibility index (Phi) is 13.1. The van der Waals surface area contributed by atoms with Crippen LogP contribution in [0.2, 0.25) is 0 Å². The molecule has 0 saturated heterocycles. The molecule has 8 nitrogen and oxygen atoms in total. The van der Waals surface area contributed by atoms with E-state index in [0.29, 0.717) is 35.6 Å². The second-order valence-electron chi connectivity index (χ2n) is 6.70. The number of hydrogen-bond acceptors (Lipinski definition) is 7. The van der Waals surface area contributed by atoms with Gasteiger partial charge in [-0.25, -0.2) is 9.98 Å². The second-order valence-corrected chi connectivity index (χ2v) is 7.68. The van der Waals surface area contributed by atoms with Crippen LogP contribution in [0.1, 0.15) is 43.7 Å². The summed E-state index contributed by atoms with van der Waals surface area (Å²) in [5, 5.41) is 15.1. The molecule has 0 fully saturated rings. The number of hydrogen-bond donors (Lipinski definition) is 4. The quantitative estimate of drug-likeness (QED) is 0.231. The normalized spacial score (nSPS) is 11.0. The molecule has 1 heterocycles. The van der Waals surface area contributed by atoms with Crippen molar-refractivity contribution >= 4 is 28.1 Å². The molecule has 0 aliphatic carbocycles. The molecule has 32 heavy (non-hydrogen) atoms. The second kappa shape index (κ2) is 15.3. The number of nitrogens with zero attached hydrogens (tertiary/aromatic N) is 2. The van der Waals surface area contributed by atoms with Crippen molar-refractivity contribution < 1.29 is 14.6 Å². The van der Waals surface area contributed by atoms with E-state index in [1.807, 2.05) is 26.0 Å². The molecule has 0 unspecified atom stereocenters. The number of aromatic nitrogens is 1. The number of carbonyl (C=O) groups excluding carboxylic acids is 1. The van der Waals surface area contributed by atoms with Crippen molar-refractivity contribution in [2.24, 2.45) is 10.7 Å². The molecular formula is C23H35N5O3S. The lowest BCUT2D eigenvalue weighted by Crippen LogP contribution is -2.29. The van der Waals surface area contributed by atoms with Gasteiger partial charge in [0.05, 0.1) is 6.61 Å². The Labute approximate surface area is 194 Å². The van der Waals surface area contributed by atoms with Gasteiger partial charge in [-0.3, -0.25) is 4.79 Å². The Morgan fingerprint density at radius 1 is 1.28 bits per heavy atom. The number of carbonyl (C=O) groups is 1.